The molecule has 5 heteroatoms. The zero-order valence-corrected chi connectivity index (χ0v) is 20.5. The Labute approximate surface area is 195 Å². The first-order chi connectivity index (χ1) is 11.6. The molecule has 0 unspecified atom stereocenters. The first-order valence-corrected chi connectivity index (χ1v) is 10.4. The molecule has 0 atom stereocenters. The molecule has 2 aromatic carbocycles. The molecule has 0 heterocycles. The normalized spacial score (nSPS) is 11.4. The van der Waals surface area contributed by atoms with Crippen LogP contribution in [0.3, 0.4) is 0 Å². The van der Waals surface area contributed by atoms with Crippen molar-refractivity contribution >= 4 is 69.8 Å². The standard InChI is InChI=1S/C20H28O3S.Ba.2H/c1-2-3-4-5-6-7-8-11-17-23-24(21,22)20-16-12-14-18-13-9-10-15-19(18)20;;;/h9-10,12-16H,2-8,11,17H2,1H3;;;/q;+2;2*-1. The van der Waals surface area contributed by atoms with Gasteiger partial charge in [0.1, 0.15) is 4.90 Å². The maximum Gasteiger partial charge on any atom is 2.00 e. The fourth-order valence-electron chi connectivity index (χ4n) is 2.88. The molecule has 0 spiro atoms. The molecule has 0 aliphatic rings. The van der Waals surface area contributed by atoms with E-state index in [1.807, 2.05) is 30.3 Å². The SMILES string of the molecule is CCCCCCCCCCOS(=O)(=O)c1cccc2ccccc12.[Ba+2].[H-].[H-]. The third kappa shape index (κ3) is 7.75. The molecule has 0 N–H and O–H groups in total. The second-order valence-corrected chi connectivity index (χ2v) is 7.81. The molecule has 25 heavy (non-hydrogen) atoms. The topological polar surface area (TPSA) is 43.4 Å². The minimum absolute atomic E-state index is 0. The Morgan fingerprint density at radius 1 is 0.840 bits per heavy atom. The van der Waals surface area contributed by atoms with Gasteiger partial charge >= 0.3 is 48.9 Å². The van der Waals surface area contributed by atoms with E-state index in [1.54, 1.807) is 12.1 Å². The minimum Gasteiger partial charge on any atom is -1.00 e. The average Bonchev–Trinajstić information content (AvgIpc) is 2.59. The summed E-state index contributed by atoms with van der Waals surface area (Å²) >= 11 is 0. The van der Waals surface area contributed by atoms with Crippen molar-refractivity contribution in [2.24, 2.45) is 0 Å². The minimum atomic E-state index is -3.69. The van der Waals surface area contributed by atoms with Crippen LogP contribution < -0.4 is 0 Å². The van der Waals surface area contributed by atoms with E-state index in [9.17, 15) is 8.42 Å². The van der Waals surface area contributed by atoms with Gasteiger partial charge in [0, 0.05) is 5.39 Å². The molecule has 0 saturated carbocycles. The Balaban J connectivity index is 0. The molecule has 0 aliphatic heterocycles. The quantitative estimate of drug-likeness (QED) is 0.238. The molecular formula is C20H30BaO3S. The zero-order valence-electron chi connectivity index (χ0n) is 17.2. The maximum atomic E-state index is 12.4. The fraction of sp³-hybridized carbons (Fsp3) is 0.500. The summed E-state index contributed by atoms with van der Waals surface area (Å²) in [7, 11) is -3.69. The van der Waals surface area contributed by atoms with Gasteiger partial charge in [-0.2, -0.15) is 8.42 Å². The molecule has 2 rings (SSSR count). The van der Waals surface area contributed by atoms with Crippen LogP contribution in [0, 0.1) is 0 Å². The Morgan fingerprint density at radius 2 is 1.44 bits per heavy atom. The van der Waals surface area contributed by atoms with Gasteiger partial charge in [-0.05, 0) is 17.9 Å². The molecule has 136 valence electrons. The Kier molecular flexibility index (Phi) is 11.7. The summed E-state index contributed by atoms with van der Waals surface area (Å²) in [5.41, 5.74) is 0. The summed E-state index contributed by atoms with van der Waals surface area (Å²) in [6, 6.07) is 12.8. The van der Waals surface area contributed by atoms with Crippen LogP contribution in [0.25, 0.3) is 10.8 Å². The number of benzene rings is 2. The average molecular weight is 488 g/mol. The maximum absolute atomic E-state index is 12.4. The van der Waals surface area contributed by atoms with Crippen molar-refractivity contribution in [2.75, 3.05) is 6.61 Å². The van der Waals surface area contributed by atoms with Gasteiger partial charge in [-0.3, -0.25) is 4.18 Å². The summed E-state index contributed by atoms with van der Waals surface area (Å²) in [5.74, 6) is 0. The van der Waals surface area contributed by atoms with E-state index < -0.39 is 10.1 Å². The summed E-state index contributed by atoms with van der Waals surface area (Å²) in [6.07, 6.45) is 9.37. The van der Waals surface area contributed by atoms with Crippen LogP contribution in [0.4, 0.5) is 0 Å². The fourth-order valence-corrected chi connectivity index (χ4v) is 4.05. The van der Waals surface area contributed by atoms with Crippen LogP contribution in [0.15, 0.2) is 47.4 Å². The van der Waals surface area contributed by atoms with Crippen LogP contribution in [0.5, 0.6) is 0 Å². The van der Waals surface area contributed by atoms with Gasteiger partial charge in [0.25, 0.3) is 10.1 Å². The van der Waals surface area contributed by atoms with Crippen LogP contribution in [0.2, 0.25) is 0 Å². The number of hydrogen-bond donors (Lipinski definition) is 0. The molecule has 0 radical (unpaired) electrons. The largest absolute Gasteiger partial charge is 2.00 e. The molecule has 0 amide bonds. The van der Waals surface area contributed by atoms with Gasteiger partial charge in [0.05, 0.1) is 6.61 Å². The van der Waals surface area contributed by atoms with Gasteiger partial charge in [-0.15, -0.1) is 0 Å². The van der Waals surface area contributed by atoms with Crippen LogP contribution in [-0.2, 0) is 14.3 Å². The van der Waals surface area contributed by atoms with E-state index in [-0.39, 0.29) is 63.2 Å². The number of unbranched alkanes of at least 4 members (excludes halogenated alkanes) is 7. The van der Waals surface area contributed by atoms with Crippen molar-refractivity contribution in [3.05, 3.63) is 42.5 Å². The molecular weight excluding hydrogens is 458 g/mol. The van der Waals surface area contributed by atoms with Gasteiger partial charge in [-0.25, -0.2) is 0 Å². The first-order valence-electron chi connectivity index (χ1n) is 9.02. The van der Waals surface area contributed by atoms with Crippen molar-refractivity contribution < 1.29 is 15.5 Å². The summed E-state index contributed by atoms with van der Waals surface area (Å²) in [5, 5.41) is 1.63. The van der Waals surface area contributed by atoms with Crippen molar-refractivity contribution in [1.29, 1.82) is 0 Å². The van der Waals surface area contributed by atoms with Crippen molar-refractivity contribution in [1.82, 2.24) is 0 Å². The van der Waals surface area contributed by atoms with E-state index in [0.717, 1.165) is 30.0 Å². The molecule has 0 saturated heterocycles. The summed E-state index contributed by atoms with van der Waals surface area (Å²) in [6.45, 7) is 2.48. The van der Waals surface area contributed by atoms with Crippen LogP contribution in [-0.4, -0.2) is 63.9 Å². The summed E-state index contributed by atoms with van der Waals surface area (Å²) in [4.78, 5) is 0.264. The Bertz CT molecular complexity index is 734. The van der Waals surface area contributed by atoms with Crippen molar-refractivity contribution in [3.63, 3.8) is 0 Å². The second-order valence-electron chi connectivity index (χ2n) is 6.23. The predicted molar refractivity (Wildman–Crippen MR) is 108 cm³/mol. The third-order valence-electron chi connectivity index (χ3n) is 4.26. The van der Waals surface area contributed by atoms with E-state index in [2.05, 4.69) is 6.92 Å². The van der Waals surface area contributed by atoms with E-state index in [0.29, 0.717) is 0 Å². The Morgan fingerprint density at radius 3 is 2.16 bits per heavy atom. The third-order valence-corrected chi connectivity index (χ3v) is 5.63. The smallest absolute Gasteiger partial charge is 1.00 e. The van der Waals surface area contributed by atoms with E-state index in [4.69, 9.17) is 4.18 Å². The monoisotopic (exact) mass is 488 g/mol. The number of fused-ring (bicyclic) bond motifs is 1. The molecule has 0 aliphatic carbocycles. The van der Waals surface area contributed by atoms with Crippen LogP contribution in [0.1, 0.15) is 61.1 Å². The molecule has 0 aromatic heterocycles. The molecule has 0 bridgehead atoms. The predicted octanol–water partition coefficient (Wildman–Crippen LogP) is 5.53. The molecule has 2 aromatic rings. The van der Waals surface area contributed by atoms with Crippen LogP contribution >= 0.6 is 0 Å². The summed E-state index contributed by atoms with van der Waals surface area (Å²) < 4.78 is 30.1. The van der Waals surface area contributed by atoms with Gasteiger partial charge < -0.3 is 2.85 Å². The molecule has 3 nitrogen and oxygen atoms in total. The van der Waals surface area contributed by atoms with E-state index >= 15 is 0 Å². The number of hydrogen-bond acceptors (Lipinski definition) is 3. The van der Waals surface area contributed by atoms with Gasteiger partial charge in [-0.1, -0.05) is 88.3 Å². The number of rotatable bonds is 11. The van der Waals surface area contributed by atoms with Gasteiger partial charge in [0.2, 0.25) is 0 Å². The Hall–Kier alpha value is 0.181. The van der Waals surface area contributed by atoms with Crippen molar-refractivity contribution in [2.45, 2.75) is 63.2 Å². The van der Waals surface area contributed by atoms with Gasteiger partial charge in [0.15, 0.2) is 0 Å². The van der Waals surface area contributed by atoms with Crippen molar-refractivity contribution in [3.8, 4) is 0 Å². The molecule has 0 fully saturated rings. The zero-order chi connectivity index (χ0) is 17.3. The first kappa shape index (κ1) is 23.2. The van der Waals surface area contributed by atoms with E-state index in [1.165, 1.54) is 32.1 Å². The second kappa shape index (κ2) is 12.5.